The maximum Gasteiger partial charge on any atom is 0.244 e. The van der Waals surface area contributed by atoms with Gasteiger partial charge < -0.3 is 15.4 Å². The van der Waals surface area contributed by atoms with Crippen LogP contribution in [-0.4, -0.2) is 28.8 Å². The van der Waals surface area contributed by atoms with Crippen LogP contribution in [0.3, 0.4) is 0 Å². The molecular weight excluding hydrogens is 314 g/mol. The van der Waals surface area contributed by atoms with E-state index in [4.69, 9.17) is 4.74 Å². The van der Waals surface area contributed by atoms with E-state index in [0.29, 0.717) is 18.3 Å². The molecule has 2 aromatic rings. The highest BCUT2D eigenvalue weighted by Gasteiger charge is 2.05. The third kappa shape index (κ3) is 5.45. The fraction of sp³-hybridized carbons (Fsp3) is 0.421. The van der Waals surface area contributed by atoms with Crippen LogP contribution in [0.25, 0.3) is 0 Å². The van der Waals surface area contributed by atoms with Gasteiger partial charge in [0.2, 0.25) is 5.95 Å². The maximum absolute atomic E-state index is 5.17. The molecule has 2 N–H and O–H groups in total. The summed E-state index contributed by atoms with van der Waals surface area (Å²) in [6.45, 7) is 1.52. The molecule has 0 radical (unpaired) electrons. The summed E-state index contributed by atoms with van der Waals surface area (Å²) < 4.78 is 5.17. The molecule has 25 heavy (non-hydrogen) atoms. The average Bonchev–Trinajstić information content (AvgIpc) is 2.68. The van der Waals surface area contributed by atoms with E-state index in [9.17, 15) is 0 Å². The van der Waals surface area contributed by atoms with Crippen LogP contribution in [0.2, 0.25) is 0 Å². The first kappa shape index (κ1) is 17.2. The predicted molar refractivity (Wildman–Crippen MR) is 99.8 cm³/mol. The summed E-state index contributed by atoms with van der Waals surface area (Å²) in [5, 5.41) is 14.6. The zero-order chi connectivity index (χ0) is 17.3. The van der Waals surface area contributed by atoms with E-state index >= 15 is 0 Å². The lowest BCUT2D eigenvalue weighted by Crippen LogP contribution is -2.10. The molecule has 0 saturated carbocycles. The first-order chi connectivity index (χ1) is 12.3. The number of methoxy groups -OCH3 is 1. The number of aromatic nitrogens is 3. The Kier molecular flexibility index (Phi) is 6.20. The Labute approximate surface area is 148 Å². The zero-order valence-corrected chi connectivity index (χ0v) is 14.7. The van der Waals surface area contributed by atoms with Crippen LogP contribution in [0.4, 0.5) is 11.8 Å². The standard InChI is InChI=1S/C19H25N5O/c1-25-17-9-7-16(8-10-17)13-21-18-14-22-24-19(23-18)20-12-11-15-5-3-2-4-6-15/h5,7-10,14H,2-4,6,11-13H2,1H3,(H2,20,21,23,24). The quantitative estimate of drug-likeness (QED) is 0.713. The summed E-state index contributed by atoms with van der Waals surface area (Å²) in [5.41, 5.74) is 2.69. The molecule has 0 atom stereocenters. The summed E-state index contributed by atoms with van der Waals surface area (Å²) >= 11 is 0. The second-order valence-electron chi connectivity index (χ2n) is 6.15. The second-order valence-corrected chi connectivity index (χ2v) is 6.15. The van der Waals surface area contributed by atoms with Crippen molar-refractivity contribution in [2.24, 2.45) is 0 Å². The number of benzene rings is 1. The highest BCUT2D eigenvalue weighted by molar-refractivity contribution is 5.38. The molecule has 0 aliphatic heterocycles. The number of nitrogens with zero attached hydrogens (tertiary/aromatic N) is 3. The van der Waals surface area contributed by atoms with Gasteiger partial charge in [-0.25, -0.2) is 0 Å². The van der Waals surface area contributed by atoms with Gasteiger partial charge in [0.15, 0.2) is 5.82 Å². The number of ether oxygens (including phenoxy) is 1. The summed E-state index contributed by atoms with van der Waals surface area (Å²) in [7, 11) is 1.67. The predicted octanol–water partition coefficient (Wildman–Crippen LogP) is 3.79. The van der Waals surface area contributed by atoms with Crippen molar-refractivity contribution < 1.29 is 4.74 Å². The molecule has 1 heterocycles. The van der Waals surface area contributed by atoms with E-state index < -0.39 is 0 Å². The van der Waals surface area contributed by atoms with Crippen molar-refractivity contribution in [1.82, 2.24) is 15.2 Å². The van der Waals surface area contributed by atoms with Crippen LogP contribution in [0.1, 0.15) is 37.7 Å². The minimum Gasteiger partial charge on any atom is -0.497 e. The highest BCUT2D eigenvalue weighted by atomic mass is 16.5. The Bertz CT molecular complexity index is 699. The summed E-state index contributed by atoms with van der Waals surface area (Å²) in [6, 6.07) is 7.94. The molecule has 1 aromatic heterocycles. The third-order valence-corrected chi connectivity index (χ3v) is 4.31. The van der Waals surface area contributed by atoms with E-state index in [1.807, 2.05) is 24.3 Å². The lowest BCUT2D eigenvalue weighted by Gasteiger charge is -2.13. The van der Waals surface area contributed by atoms with Gasteiger partial charge in [-0.15, -0.1) is 5.10 Å². The van der Waals surface area contributed by atoms with Crippen LogP contribution >= 0.6 is 0 Å². The minimum atomic E-state index is 0.566. The van der Waals surface area contributed by atoms with Crippen LogP contribution in [0.5, 0.6) is 5.75 Å². The van der Waals surface area contributed by atoms with E-state index in [2.05, 4.69) is 31.9 Å². The molecule has 0 saturated heterocycles. The van der Waals surface area contributed by atoms with Gasteiger partial charge in [0.05, 0.1) is 13.3 Å². The molecule has 6 heteroatoms. The number of nitrogens with one attached hydrogen (secondary N) is 2. The molecule has 0 bridgehead atoms. The van der Waals surface area contributed by atoms with Crippen LogP contribution in [-0.2, 0) is 6.54 Å². The van der Waals surface area contributed by atoms with Gasteiger partial charge in [0, 0.05) is 13.1 Å². The lowest BCUT2D eigenvalue weighted by molar-refractivity contribution is 0.414. The van der Waals surface area contributed by atoms with Gasteiger partial charge >= 0.3 is 0 Å². The van der Waals surface area contributed by atoms with Crippen molar-refractivity contribution in [1.29, 1.82) is 0 Å². The molecule has 3 rings (SSSR count). The molecule has 1 aromatic carbocycles. The average molecular weight is 339 g/mol. The Hall–Kier alpha value is -2.63. The number of hydrogen-bond acceptors (Lipinski definition) is 6. The van der Waals surface area contributed by atoms with Crippen molar-refractivity contribution in [3.05, 3.63) is 47.7 Å². The third-order valence-electron chi connectivity index (χ3n) is 4.31. The Morgan fingerprint density at radius 2 is 2.00 bits per heavy atom. The first-order valence-electron chi connectivity index (χ1n) is 8.82. The smallest absolute Gasteiger partial charge is 0.244 e. The lowest BCUT2D eigenvalue weighted by atomic mass is 9.97. The molecule has 132 valence electrons. The molecule has 0 spiro atoms. The zero-order valence-electron chi connectivity index (χ0n) is 14.7. The van der Waals surface area contributed by atoms with Gasteiger partial charge in [0.1, 0.15) is 5.75 Å². The number of anilines is 2. The number of rotatable bonds is 8. The van der Waals surface area contributed by atoms with Crippen molar-refractivity contribution in [2.45, 2.75) is 38.6 Å². The van der Waals surface area contributed by atoms with Crippen LogP contribution < -0.4 is 15.4 Å². The molecule has 1 aliphatic rings. The Morgan fingerprint density at radius 1 is 1.12 bits per heavy atom. The van der Waals surface area contributed by atoms with Crippen molar-refractivity contribution in [3.8, 4) is 5.75 Å². The van der Waals surface area contributed by atoms with Crippen LogP contribution in [0, 0.1) is 0 Å². The fourth-order valence-electron chi connectivity index (χ4n) is 2.87. The Balaban J connectivity index is 1.47. The summed E-state index contributed by atoms with van der Waals surface area (Å²) in [4.78, 5) is 4.46. The fourth-order valence-corrected chi connectivity index (χ4v) is 2.87. The summed E-state index contributed by atoms with van der Waals surface area (Å²) in [6.07, 6.45) is 10.1. The minimum absolute atomic E-state index is 0.566. The van der Waals surface area contributed by atoms with Crippen molar-refractivity contribution >= 4 is 11.8 Å². The van der Waals surface area contributed by atoms with Gasteiger partial charge in [-0.1, -0.05) is 23.8 Å². The van der Waals surface area contributed by atoms with Gasteiger partial charge in [-0.05, 0) is 49.8 Å². The highest BCUT2D eigenvalue weighted by Crippen LogP contribution is 2.20. The molecular formula is C19H25N5O. The molecule has 0 fully saturated rings. The molecule has 0 amide bonds. The SMILES string of the molecule is COc1ccc(CNc2cnnc(NCCC3=CCCCC3)n2)cc1. The molecule has 6 nitrogen and oxygen atoms in total. The number of allylic oxidation sites excluding steroid dienone is 1. The number of hydrogen-bond donors (Lipinski definition) is 2. The van der Waals surface area contributed by atoms with E-state index in [1.165, 1.54) is 25.7 Å². The Morgan fingerprint density at radius 3 is 2.76 bits per heavy atom. The topological polar surface area (TPSA) is 72.0 Å². The first-order valence-corrected chi connectivity index (χ1v) is 8.82. The molecule has 1 aliphatic carbocycles. The normalized spacial score (nSPS) is 13.9. The van der Waals surface area contributed by atoms with Crippen molar-refractivity contribution in [2.75, 3.05) is 24.3 Å². The van der Waals surface area contributed by atoms with E-state index in [1.54, 1.807) is 18.9 Å². The van der Waals surface area contributed by atoms with E-state index in [0.717, 1.165) is 24.3 Å². The van der Waals surface area contributed by atoms with E-state index in [-0.39, 0.29) is 0 Å². The second kappa shape index (κ2) is 9.01. The van der Waals surface area contributed by atoms with Gasteiger partial charge in [-0.2, -0.15) is 10.1 Å². The van der Waals surface area contributed by atoms with Gasteiger partial charge in [0.25, 0.3) is 0 Å². The largest absolute Gasteiger partial charge is 0.497 e. The van der Waals surface area contributed by atoms with Gasteiger partial charge in [-0.3, -0.25) is 0 Å². The molecule has 0 unspecified atom stereocenters. The maximum atomic E-state index is 5.17. The van der Waals surface area contributed by atoms with Crippen molar-refractivity contribution in [3.63, 3.8) is 0 Å². The van der Waals surface area contributed by atoms with Crippen LogP contribution in [0.15, 0.2) is 42.1 Å². The monoisotopic (exact) mass is 339 g/mol. The summed E-state index contributed by atoms with van der Waals surface area (Å²) in [5.74, 6) is 2.13.